The molecule has 0 amide bonds. The minimum Gasteiger partial charge on any atom is -0.508 e. The van der Waals surface area contributed by atoms with E-state index in [2.05, 4.69) is 22.2 Å². The number of benzene rings is 1. The molecular formula is C22H26N2O4. The van der Waals surface area contributed by atoms with E-state index >= 15 is 0 Å². The van der Waals surface area contributed by atoms with Crippen molar-refractivity contribution in [3.63, 3.8) is 0 Å². The van der Waals surface area contributed by atoms with Crippen LogP contribution in [0.2, 0.25) is 0 Å². The highest BCUT2D eigenvalue weighted by Gasteiger charge is 2.62. The number of H-pyrrole nitrogens is 1. The Morgan fingerprint density at radius 2 is 2.25 bits per heavy atom. The van der Waals surface area contributed by atoms with Gasteiger partial charge >= 0.3 is 5.97 Å². The third kappa shape index (κ3) is 2.27. The van der Waals surface area contributed by atoms with Gasteiger partial charge in [0.15, 0.2) is 0 Å². The summed E-state index contributed by atoms with van der Waals surface area (Å²) in [5, 5.41) is 11.0. The average Bonchev–Trinajstić information content (AvgIpc) is 3.03. The Balaban J connectivity index is 1.75. The van der Waals surface area contributed by atoms with Gasteiger partial charge in [0.2, 0.25) is 0 Å². The first-order valence-electron chi connectivity index (χ1n) is 9.95. The van der Waals surface area contributed by atoms with Crippen molar-refractivity contribution in [2.24, 2.45) is 11.8 Å². The molecule has 148 valence electrons. The fraction of sp³-hybridized carbons (Fsp3) is 0.500. The Bertz CT molecular complexity index is 965. The summed E-state index contributed by atoms with van der Waals surface area (Å²) in [6, 6.07) is 5.36. The van der Waals surface area contributed by atoms with E-state index < -0.39 is 5.41 Å². The van der Waals surface area contributed by atoms with Gasteiger partial charge in [-0.25, -0.2) is 0 Å². The second-order valence-electron chi connectivity index (χ2n) is 8.41. The highest BCUT2D eigenvalue weighted by molar-refractivity contribution is 5.96. The number of piperidine rings is 2. The number of esters is 1. The Morgan fingerprint density at radius 1 is 1.39 bits per heavy atom. The molecule has 1 aliphatic carbocycles. The molecule has 3 aliphatic heterocycles. The van der Waals surface area contributed by atoms with Gasteiger partial charge in [0.1, 0.15) is 11.2 Å². The molecule has 6 rings (SSSR count). The van der Waals surface area contributed by atoms with Crippen molar-refractivity contribution in [1.82, 2.24) is 9.88 Å². The van der Waals surface area contributed by atoms with Crippen molar-refractivity contribution < 1.29 is 19.4 Å². The SMILES string of the molecule is COCCC1CC2CN3C=Cc4c([nH]c5ccc(O)cc45)C(C(=O)OC)(C2)C13. The van der Waals surface area contributed by atoms with Gasteiger partial charge in [-0.2, -0.15) is 0 Å². The third-order valence-electron chi connectivity index (χ3n) is 6.97. The van der Waals surface area contributed by atoms with Crippen molar-refractivity contribution in [3.8, 4) is 5.75 Å². The number of hydrogen-bond donors (Lipinski definition) is 2. The van der Waals surface area contributed by atoms with E-state index in [-0.39, 0.29) is 17.8 Å². The van der Waals surface area contributed by atoms with Crippen LogP contribution in [0.15, 0.2) is 24.4 Å². The van der Waals surface area contributed by atoms with E-state index in [1.807, 2.05) is 6.07 Å². The van der Waals surface area contributed by atoms with Crippen molar-refractivity contribution in [3.05, 3.63) is 35.7 Å². The van der Waals surface area contributed by atoms with E-state index in [1.54, 1.807) is 19.2 Å². The zero-order chi connectivity index (χ0) is 19.5. The molecule has 28 heavy (non-hydrogen) atoms. The molecule has 4 heterocycles. The van der Waals surface area contributed by atoms with E-state index in [1.165, 1.54) is 7.11 Å². The number of ether oxygens (including phenoxy) is 2. The van der Waals surface area contributed by atoms with Crippen LogP contribution in [-0.4, -0.2) is 54.4 Å². The molecule has 1 aromatic heterocycles. The van der Waals surface area contributed by atoms with Gasteiger partial charge in [-0.3, -0.25) is 4.79 Å². The smallest absolute Gasteiger partial charge is 0.319 e. The van der Waals surface area contributed by atoms with Crippen molar-refractivity contribution >= 4 is 22.9 Å². The summed E-state index contributed by atoms with van der Waals surface area (Å²) in [4.78, 5) is 19.3. The minimum atomic E-state index is -0.734. The van der Waals surface area contributed by atoms with Crippen molar-refractivity contribution in [2.75, 3.05) is 27.4 Å². The lowest BCUT2D eigenvalue weighted by Crippen LogP contribution is -2.66. The van der Waals surface area contributed by atoms with Gasteiger partial charge < -0.3 is 24.5 Å². The first-order chi connectivity index (χ1) is 13.6. The molecule has 4 aliphatic rings. The second kappa shape index (κ2) is 6.27. The summed E-state index contributed by atoms with van der Waals surface area (Å²) in [5.74, 6) is 0.847. The number of methoxy groups -OCH3 is 2. The zero-order valence-corrected chi connectivity index (χ0v) is 16.3. The lowest BCUT2D eigenvalue weighted by molar-refractivity contribution is -0.160. The summed E-state index contributed by atoms with van der Waals surface area (Å²) in [7, 11) is 3.22. The van der Waals surface area contributed by atoms with E-state index in [9.17, 15) is 9.90 Å². The number of phenols is 1. The molecule has 4 bridgehead atoms. The summed E-state index contributed by atoms with van der Waals surface area (Å²) in [5.41, 5.74) is 2.10. The molecule has 0 spiro atoms. The summed E-state index contributed by atoms with van der Waals surface area (Å²) in [6.45, 7) is 1.66. The maximum Gasteiger partial charge on any atom is 0.319 e. The summed E-state index contributed by atoms with van der Waals surface area (Å²) < 4.78 is 10.8. The first-order valence-corrected chi connectivity index (χ1v) is 9.95. The highest BCUT2D eigenvalue weighted by atomic mass is 16.5. The number of fused-ring (bicyclic) bond motifs is 4. The number of aromatic nitrogens is 1. The maximum atomic E-state index is 13.4. The predicted molar refractivity (Wildman–Crippen MR) is 106 cm³/mol. The number of carbonyl (C=O) groups excluding carboxylic acids is 1. The number of nitrogens with zero attached hydrogens (tertiary/aromatic N) is 1. The number of aromatic hydroxyl groups is 1. The molecule has 4 atom stereocenters. The van der Waals surface area contributed by atoms with E-state index in [4.69, 9.17) is 9.47 Å². The molecular weight excluding hydrogens is 356 g/mol. The number of nitrogens with one attached hydrogen (secondary N) is 1. The lowest BCUT2D eigenvalue weighted by atomic mass is 9.56. The number of aromatic amines is 1. The average molecular weight is 382 g/mol. The number of rotatable bonds is 4. The molecule has 3 fully saturated rings. The molecule has 6 heteroatoms. The monoisotopic (exact) mass is 382 g/mol. The van der Waals surface area contributed by atoms with E-state index in [0.717, 1.165) is 48.0 Å². The van der Waals surface area contributed by atoms with Gasteiger partial charge in [0.25, 0.3) is 0 Å². The van der Waals surface area contributed by atoms with Crippen LogP contribution in [0.3, 0.4) is 0 Å². The number of carbonyl (C=O) groups is 1. The lowest BCUT2D eigenvalue weighted by Gasteiger charge is -2.58. The minimum absolute atomic E-state index is 0.0410. The fourth-order valence-corrected chi connectivity index (χ4v) is 6.06. The van der Waals surface area contributed by atoms with Crippen LogP contribution >= 0.6 is 0 Å². The second-order valence-corrected chi connectivity index (χ2v) is 8.41. The van der Waals surface area contributed by atoms with Gasteiger partial charge in [-0.15, -0.1) is 0 Å². The fourth-order valence-electron chi connectivity index (χ4n) is 6.06. The van der Waals surface area contributed by atoms with Crippen LogP contribution in [-0.2, 0) is 19.7 Å². The van der Waals surface area contributed by atoms with E-state index in [0.29, 0.717) is 18.4 Å². The van der Waals surface area contributed by atoms with Gasteiger partial charge in [-0.05, 0) is 55.4 Å². The molecule has 0 radical (unpaired) electrons. The van der Waals surface area contributed by atoms with Crippen LogP contribution in [0.1, 0.15) is 30.5 Å². The highest BCUT2D eigenvalue weighted by Crippen LogP contribution is 2.55. The van der Waals surface area contributed by atoms with Crippen molar-refractivity contribution in [2.45, 2.75) is 30.7 Å². The zero-order valence-electron chi connectivity index (χ0n) is 16.3. The Morgan fingerprint density at radius 3 is 3.04 bits per heavy atom. The largest absolute Gasteiger partial charge is 0.508 e. The number of phenolic OH excluding ortho intramolecular Hbond substituents is 1. The molecule has 2 N–H and O–H groups in total. The Kier molecular flexibility index (Phi) is 3.95. The maximum absolute atomic E-state index is 13.4. The van der Waals surface area contributed by atoms with Gasteiger partial charge in [0.05, 0.1) is 13.2 Å². The van der Waals surface area contributed by atoms with Gasteiger partial charge in [0, 0.05) is 48.6 Å². The van der Waals surface area contributed by atoms with Crippen LogP contribution in [0, 0.1) is 11.8 Å². The first kappa shape index (κ1) is 17.6. The van der Waals surface area contributed by atoms with Crippen molar-refractivity contribution in [1.29, 1.82) is 0 Å². The topological polar surface area (TPSA) is 74.8 Å². The third-order valence-corrected chi connectivity index (χ3v) is 6.97. The predicted octanol–water partition coefficient (Wildman–Crippen LogP) is 3.02. The normalized spacial score (nSPS) is 30.4. The molecule has 4 unspecified atom stereocenters. The number of hydrogen-bond acceptors (Lipinski definition) is 5. The molecule has 6 nitrogen and oxygen atoms in total. The summed E-state index contributed by atoms with van der Waals surface area (Å²) in [6.07, 6.45) is 7.06. The van der Waals surface area contributed by atoms with Crippen LogP contribution in [0.25, 0.3) is 17.0 Å². The van der Waals surface area contributed by atoms with Crippen LogP contribution < -0.4 is 0 Å². The Labute approximate surface area is 164 Å². The quantitative estimate of drug-likeness (QED) is 0.795. The molecule has 1 saturated carbocycles. The molecule has 2 saturated heterocycles. The van der Waals surface area contributed by atoms with Gasteiger partial charge in [-0.1, -0.05) is 0 Å². The molecule has 1 aromatic carbocycles. The molecule has 2 aromatic rings. The van der Waals surface area contributed by atoms with Crippen LogP contribution in [0.5, 0.6) is 5.75 Å². The standard InChI is InChI=1S/C22H26N2O4/c1-27-8-6-14-9-13-11-22(21(26)28-2)19-16(5-7-24(12-13)20(14)22)17-10-15(25)3-4-18(17)23-19/h3-5,7,10,13-14,20,23,25H,6,8-9,11-12H2,1-2H3. The Hall–Kier alpha value is -2.47. The summed E-state index contributed by atoms with van der Waals surface area (Å²) >= 11 is 0. The van der Waals surface area contributed by atoms with Crippen LogP contribution in [0.4, 0.5) is 0 Å².